The second-order valence-electron chi connectivity index (χ2n) is 8.71. The molecule has 5 rings (SSSR count). The minimum Gasteiger partial charge on any atom is -0.512 e. The van der Waals surface area contributed by atoms with Crippen LogP contribution >= 0.6 is 0 Å². The Balaban J connectivity index is 0.000000357. The maximum absolute atomic E-state index is 14.7. The number of pyridine rings is 1. The fraction of sp³-hybridized carbons (Fsp3) is 0.172. The molecule has 0 atom stereocenters. The van der Waals surface area contributed by atoms with Crippen LogP contribution in [-0.2, 0) is 30.3 Å². The Labute approximate surface area is 212 Å². The van der Waals surface area contributed by atoms with Gasteiger partial charge in [-0.15, -0.1) is 23.8 Å². The number of carbonyl (C=O) groups excluding carboxylic acids is 1. The third-order valence-corrected chi connectivity index (χ3v) is 5.89. The minimum absolute atomic E-state index is 0. The van der Waals surface area contributed by atoms with Gasteiger partial charge < -0.3 is 10.1 Å². The second-order valence-corrected chi connectivity index (χ2v) is 8.71. The molecule has 0 saturated carbocycles. The minimum atomic E-state index is -0.444. The van der Waals surface area contributed by atoms with Crippen LogP contribution in [0, 0.1) is 11.9 Å². The summed E-state index contributed by atoms with van der Waals surface area (Å²) in [5.74, 6) is -0.257. The van der Waals surface area contributed by atoms with Crippen molar-refractivity contribution in [3.63, 3.8) is 0 Å². The molecule has 5 heteroatoms. The standard InChI is InChI=1S/C24H17FN.C5H8O2.Ir/c1-24(2)19-12-6-10-16-18(15-8-4-3-5-9-15)14-26-23(21(16)19)17-11-7-13-20(25)22(17)24;1-4(6)3-5(2)7;/h3-10,12-14H,1-2H3;3,6H,1-2H3;/q-1;;/b;4-3-;. The molecule has 1 aliphatic rings. The molecular weight excluding hydrogens is 606 g/mol. The smallest absolute Gasteiger partial charge is 0.155 e. The molecular formula is C29H25FIrNO2-. The largest absolute Gasteiger partial charge is 0.512 e. The number of aromatic nitrogens is 1. The number of aliphatic hydroxyl groups is 1. The molecule has 0 amide bonds. The zero-order valence-electron chi connectivity index (χ0n) is 19.4. The van der Waals surface area contributed by atoms with Crippen LogP contribution in [0.3, 0.4) is 0 Å². The number of rotatable bonds is 2. The van der Waals surface area contributed by atoms with Gasteiger partial charge in [0.1, 0.15) is 0 Å². The van der Waals surface area contributed by atoms with Gasteiger partial charge in [-0.1, -0.05) is 67.9 Å². The summed E-state index contributed by atoms with van der Waals surface area (Å²) >= 11 is 0. The molecule has 4 aromatic rings. The summed E-state index contributed by atoms with van der Waals surface area (Å²) in [5.41, 5.74) is 5.18. The average molecular weight is 631 g/mol. The van der Waals surface area contributed by atoms with Crippen molar-refractivity contribution in [3.8, 4) is 22.4 Å². The zero-order chi connectivity index (χ0) is 23.8. The van der Waals surface area contributed by atoms with Crippen molar-refractivity contribution in [1.29, 1.82) is 0 Å². The fourth-order valence-corrected chi connectivity index (χ4v) is 4.55. The van der Waals surface area contributed by atoms with Gasteiger partial charge in [-0.3, -0.25) is 4.79 Å². The normalized spacial score (nSPS) is 13.3. The molecule has 0 saturated heterocycles. The molecule has 34 heavy (non-hydrogen) atoms. The second kappa shape index (κ2) is 10.0. The predicted octanol–water partition coefficient (Wildman–Crippen LogP) is 7.18. The van der Waals surface area contributed by atoms with E-state index in [0.717, 1.165) is 38.7 Å². The van der Waals surface area contributed by atoms with Crippen molar-refractivity contribution >= 4 is 16.6 Å². The van der Waals surface area contributed by atoms with Crippen molar-refractivity contribution < 1.29 is 34.4 Å². The van der Waals surface area contributed by atoms with E-state index in [4.69, 9.17) is 10.1 Å². The first-order valence-electron chi connectivity index (χ1n) is 10.8. The Kier molecular flexibility index (Phi) is 7.50. The molecule has 0 unspecified atom stereocenters. The first-order valence-corrected chi connectivity index (χ1v) is 10.8. The predicted molar refractivity (Wildman–Crippen MR) is 131 cm³/mol. The molecule has 3 aromatic carbocycles. The molecule has 0 spiro atoms. The fourth-order valence-electron chi connectivity index (χ4n) is 4.55. The Morgan fingerprint density at radius 3 is 2.38 bits per heavy atom. The third-order valence-electron chi connectivity index (χ3n) is 5.89. The maximum Gasteiger partial charge on any atom is 0.155 e. The summed E-state index contributed by atoms with van der Waals surface area (Å²) < 4.78 is 14.7. The molecule has 1 radical (unpaired) electrons. The summed E-state index contributed by atoms with van der Waals surface area (Å²) in [5, 5.41) is 10.6. The number of carbonyl (C=O) groups is 1. The van der Waals surface area contributed by atoms with Crippen LogP contribution in [0.15, 0.2) is 78.7 Å². The van der Waals surface area contributed by atoms with E-state index < -0.39 is 5.41 Å². The summed E-state index contributed by atoms with van der Waals surface area (Å²) in [6.45, 7) is 7.01. The van der Waals surface area contributed by atoms with Crippen LogP contribution in [0.5, 0.6) is 0 Å². The van der Waals surface area contributed by atoms with Gasteiger partial charge in [0, 0.05) is 43.8 Å². The Morgan fingerprint density at radius 1 is 1.06 bits per heavy atom. The summed E-state index contributed by atoms with van der Waals surface area (Å²) in [6.07, 6.45) is 3.07. The molecule has 3 nitrogen and oxygen atoms in total. The van der Waals surface area contributed by atoms with Gasteiger partial charge >= 0.3 is 0 Å². The van der Waals surface area contributed by atoms with Crippen molar-refractivity contribution in [2.45, 2.75) is 33.1 Å². The van der Waals surface area contributed by atoms with E-state index in [1.54, 1.807) is 6.07 Å². The van der Waals surface area contributed by atoms with E-state index in [9.17, 15) is 9.18 Å². The quantitative estimate of drug-likeness (QED) is 0.145. The Bertz CT molecular complexity index is 1390. The van der Waals surface area contributed by atoms with Crippen molar-refractivity contribution in [2.75, 3.05) is 0 Å². The van der Waals surface area contributed by atoms with Gasteiger partial charge in [-0.2, -0.15) is 0 Å². The van der Waals surface area contributed by atoms with Gasteiger partial charge in [-0.25, -0.2) is 4.39 Å². The van der Waals surface area contributed by atoms with E-state index in [1.807, 2.05) is 24.4 Å². The number of hydrogen-bond donors (Lipinski definition) is 1. The number of allylic oxidation sites excluding steroid dienone is 2. The summed E-state index contributed by atoms with van der Waals surface area (Å²) in [4.78, 5) is 14.8. The van der Waals surface area contributed by atoms with Gasteiger partial charge in [0.05, 0.1) is 5.76 Å². The number of nitrogens with zero attached hydrogens (tertiary/aromatic N) is 1. The first kappa shape index (κ1) is 25.5. The molecule has 0 aliphatic heterocycles. The van der Waals surface area contributed by atoms with Crippen LogP contribution in [0.25, 0.3) is 33.2 Å². The van der Waals surface area contributed by atoms with Crippen LogP contribution in [0.1, 0.15) is 38.8 Å². The van der Waals surface area contributed by atoms with E-state index >= 15 is 0 Å². The molecule has 1 heterocycles. The number of aliphatic hydroxyl groups excluding tert-OH is 1. The Hall–Kier alpha value is -3.14. The molecule has 1 N–H and O–H groups in total. The molecule has 0 bridgehead atoms. The number of benzene rings is 3. The van der Waals surface area contributed by atoms with Crippen LogP contribution in [0.2, 0.25) is 0 Å². The van der Waals surface area contributed by atoms with Crippen LogP contribution in [0.4, 0.5) is 4.39 Å². The van der Waals surface area contributed by atoms with Gasteiger partial charge in [0.2, 0.25) is 0 Å². The van der Waals surface area contributed by atoms with Gasteiger partial charge in [0.25, 0.3) is 0 Å². The monoisotopic (exact) mass is 631 g/mol. The van der Waals surface area contributed by atoms with E-state index in [2.05, 4.69) is 50.2 Å². The zero-order valence-corrected chi connectivity index (χ0v) is 21.8. The third kappa shape index (κ3) is 4.59. The van der Waals surface area contributed by atoms with E-state index in [0.29, 0.717) is 5.56 Å². The van der Waals surface area contributed by atoms with Crippen LogP contribution in [-0.4, -0.2) is 15.9 Å². The summed E-state index contributed by atoms with van der Waals surface area (Å²) in [7, 11) is 0. The van der Waals surface area contributed by atoms with Crippen LogP contribution < -0.4 is 0 Å². The number of ketones is 1. The molecule has 1 aliphatic carbocycles. The van der Waals surface area contributed by atoms with Gasteiger partial charge in [0.15, 0.2) is 5.78 Å². The van der Waals surface area contributed by atoms with E-state index in [-0.39, 0.29) is 37.5 Å². The van der Waals surface area contributed by atoms with Crippen molar-refractivity contribution in [1.82, 2.24) is 4.98 Å². The molecule has 175 valence electrons. The molecule has 1 aromatic heterocycles. The van der Waals surface area contributed by atoms with Gasteiger partial charge in [-0.05, 0) is 46.9 Å². The molecule has 0 fully saturated rings. The Morgan fingerprint density at radius 2 is 1.76 bits per heavy atom. The first-order chi connectivity index (χ1) is 15.7. The number of hydrogen-bond acceptors (Lipinski definition) is 3. The van der Waals surface area contributed by atoms with Crippen molar-refractivity contribution in [2.24, 2.45) is 0 Å². The topological polar surface area (TPSA) is 50.2 Å². The van der Waals surface area contributed by atoms with E-state index in [1.165, 1.54) is 26.0 Å². The average Bonchev–Trinajstić information content (AvgIpc) is 2.77. The SMILES string of the molecule is CC(=O)/C=C(/C)O.CC1(C)c2c([c-]ccc2F)-c2ncc(-c3ccccc3)c3cccc1c23.[Ir]. The van der Waals surface area contributed by atoms with Crippen molar-refractivity contribution in [3.05, 3.63) is 102 Å². The summed E-state index contributed by atoms with van der Waals surface area (Å²) in [6, 6.07) is 22.9. The number of halogens is 1. The number of fused-ring (bicyclic) bond motifs is 2. The maximum atomic E-state index is 14.7.